The Hall–Kier alpha value is -1.83. The monoisotopic (exact) mass is 228 g/mol. The molecule has 0 spiro atoms. The van der Waals surface area contributed by atoms with E-state index < -0.39 is 0 Å². The van der Waals surface area contributed by atoms with E-state index in [0.717, 1.165) is 12.8 Å². The second-order valence-electron chi connectivity index (χ2n) is 4.13. The van der Waals surface area contributed by atoms with Gasteiger partial charge in [-0.1, -0.05) is 42.5 Å². The maximum atomic E-state index is 10.6. The van der Waals surface area contributed by atoms with Crippen LogP contribution >= 0.6 is 0 Å². The topological polar surface area (TPSA) is 26.3 Å². The molecule has 2 aromatic carbocycles. The number of rotatable bonds is 4. The SMILES string of the molecule is CC(=O)OCCCc1ccc2ccccc2c1. The van der Waals surface area contributed by atoms with E-state index in [4.69, 9.17) is 4.74 Å². The minimum Gasteiger partial charge on any atom is -0.466 e. The van der Waals surface area contributed by atoms with Gasteiger partial charge in [-0.2, -0.15) is 0 Å². The van der Waals surface area contributed by atoms with Crippen LogP contribution in [-0.2, 0) is 16.0 Å². The molecule has 0 atom stereocenters. The van der Waals surface area contributed by atoms with Crippen LogP contribution in [0.3, 0.4) is 0 Å². The van der Waals surface area contributed by atoms with Crippen molar-refractivity contribution in [1.29, 1.82) is 0 Å². The van der Waals surface area contributed by atoms with Crippen LogP contribution in [0.15, 0.2) is 42.5 Å². The summed E-state index contributed by atoms with van der Waals surface area (Å²) in [7, 11) is 0. The Morgan fingerprint density at radius 3 is 2.65 bits per heavy atom. The first-order valence-electron chi connectivity index (χ1n) is 5.87. The molecule has 2 rings (SSSR count). The molecule has 0 aliphatic carbocycles. The van der Waals surface area contributed by atoms with Gasteiger partial charge in [-0.25, -0.2) is 0 Å². The minimum absolute atomic E-state index is 0.205. The number of carbonyl (C=O) groups is 1. The Morgan fingerprint density at radius 1 is 1.12 bits per heavy atom. The lowest BCUT2D eigenvalue weighted by Gasteiger charge is -2.04. The Kier molecular flexibility index (Phi) is 3.76. The number of esters is 1. The highest BCUT2D eigenvalue weighted by atomic mass is 16.5. The third-order valence-electron chi connectivity index (χ3n) is 2.73. The van der Waals surface area contributed by atoms with Crippen molar-refractivity contribution in [2.24, 2.45) is 0 Å². The molecule has 0 bridgehead atoms. The highest BCUT2D eigenvalue weighted by Gasteiger charge is 1.97. The van der Waals surface area contributed by atoms with Gasteiger partial charge in [0.25, 0.3) is 0 Å². The molecule has 0 saturated carbocycles. The second kappa shape index (κ2) is 5.48. The van der Waals surface area contributed by atoms with Gasteiger partial charge in [-0.15, -0.1) is 0 Å². The molecule has 0 heterocycles. The van der Waals surface area contributed by atoms with Gasteiger partial charge < -0.3 is 4.74 Å². The fraction of sp³-hybridized carbons (Fsp3) is 0.267. The molecule has 2 nitrogen and oxygen atoms in total. The van der Waals surface area contributed by atoms with Crippen molar-refractivity contribution in [2.45, 2.75) is 19.8 Å². The van der Waals surface area contributed by atoms with Crippen molar-refractivity contribution in [3.05, 3.63) is 48.0 Å². The average molecular weight is 228 g/mol. The molecule has 17 heavy (non-hydrogen) atoms. The highest BCUT2D eigenvalue weighted by molar-refractivity contribution is 5.82. The molecule has 0 amide bonds. The molecule has 0 radical (unpaired) electrons. The zero-order valence-electron chi connectivity index (χ0n) is 9.98. The number of benzene rings is 2. The van der Waals surface area contributed by atoms with Crippen LogP contribution in [0.1, 0.15) is 18.9 Å². The Labute approximate surface area is 101 Å². The molecule has 2 aromatic rings. The number of hydrogen-bond acceptors (Lipinski definition) is 2. The molecule has 0 aromatic heterocycles. The van der Waals surface area contributed by atoms with Crippen molar-refractivity contribution in [1.82, 2.24) is 0 Å². The molecule has 2 heteroatoms. The second-order valence-corrected chi connectivity index (χ2v) is 4.13. The summed E-state index contributed by atoms with van der Waals surface area (Å²) in [4.78, 5) is 10.6. The zero-order chi connectivity index (χ0) is 12.1. The maximum Gasteiger partial charge on any atom is 0.302 e. The van der Waals surface area contributed by atoms with Crippen LogP contribution in [0.2, 0.25) is 0 Å². The van der Waals surface area contributed by atoms with E-state index in [2.05, 4.69) is 30.3 Å². The van der Waals surface area contributed by atoms with E-state index in [1.54, 1.807) is 0 Å². The normalized spacial score (nSPS) is 10.4. The Bertz CT molecular complexity index is 517. The molecule has 0 N–H and O–H groups in total. The van der Waals surface area contributed by atoms with Crippen molar-refractivity contribution in [3.8, 4) is 0 Å². The number of fused-ring (bicyclic) bond motifs is 1. The first-order valence-corrected chi connectivity index (χ1v) is 5.87. The van der Waals surface area contributed by atoms with Crippen molar-refractivity contribution in [3.63, 3.8) is 0 Å². The Morgan fingerprint density at radius 2 is 1.88 bits per heavy atom. The molecule has 0 saturated heterocycles. The van der Waals surface area contributed by atoms with Crippen LogP contribution in [0, 0.1) is 0 Å². The van der Waals surface area contributed by atoms with Crippen LogP contribution in [-0.4, -0.2) is 12.6 Å². The molecule has 0 aliphatic heterocycles. The van der Waals surface area contributed by atoms with E-state index in [-0.39, 0.29) is 5.97 Å². The number of carbonyl (C=O) groups excluding carboxylic acids is 1. The van der Waals surface area contributed by atoms with Gasteiger partial charge in [0.15, 0.2) is 0 Å². The summed E-state index contributed by atoms with van der Waals surface area (Å²) >= 11 is 0. The summed E-state index contributed by atoms with van der Waals surface area (Å²) in [6.45, 7) is 1.94. The standard InChI is InChI=1S/C15H16O2/c1-12(16)17-10-4-5-13-8-9-14-6-2-3-7-15(14)11-13/h2-3,6-9,11H,4-5,10H2,1H3. The number of hydrogen-bond donors (Lipinski definition) is 0. The number of aryl methyl sites for hydroxylation is 1. The van der Waals surface area contributed by atoms with E-state index in [0.29, 0.717) is 6.61 Å². The number of ether oxygens (including phenoxy) is 1. The molecule has 0 unspecified atom stereocenters. The lowest BCUT2D eigenvalue weighted by molar-refractivity contribution is -0.141. The van der Waals surface area contributed by atoms with Gasteiger partial charge >= 0.3 is 5.97 Å². The van der Waals surface area contributed by atoms with Gasteiger partial charge in [-0.05, 0) is 29.2 Å². The Balaban J connectivity index is 1.97. The first kappa shape index (κ1) is 11.6. The van der Waals surface area contributed by atoms with E-state index in [1.807, 2.05) is 12.1 Å². The maximum absolute atomic E-state index is 10.6. The van der Waals surface area contributed by atoms with Gasteiger partial charge in [0.05, 0.1) is 6.61 Å². The predicted octanol–water partition coefficient (Wildman–Crippen LogP) is 3.34. The van der Waals surface area contributed by atoms with Crippen molar-refractivity contribution >= 4 is 16.7 Å². The summed E-state index contributed by atoms with van der Waals surface area (Å²) in [5.74, 6) is -0.205. The van der Waals surface area contributed by atoms with Crippen LogP contribution < -0.4 is 0 Å². The van der Waals surface area contributed by atoms with Gasteiger partial charge in [0, 0.05) is 6.92 Å². The van der Waals surface area contributed by atoms with Crippen molar-refractivity contribution in [2.75, 3.05) is 6.61 Å². The predicted molar refractivity (Wildman–Crippen MR) is 68.9 cm³/mol. The van der Waals surface area contributed by atoms with E-state index >= 15 is 0 Å². The highest BCUT2D eigenvalue weighted by Crippen LogP contribution is 2.16. The summed E-state index contributed by atoms with van der Waals surface area (Å²) < 4.78 is 4.91. The summed E-state index contributed by atoms with van der Waals surface area (Å²) in [5, 5.41) is 2.52. The van der Waals surface area contributed by atoms with Gasteiger partial charge in [0.2, 0.25) is 0 Å². The summed E-state index contributed by atoms with van der Waals surface area (Å²) in [6.07, 6.45) is 1.82. The fourth-order valence-corrected chi connectivity index (χ4v) is 1.89. The molecular weight excluding hydrogens is 212 g/mol. The molecule has 88 valence electrons. The molecule has 0 aliphatic rings. The van der Waals surface area contributed by atoms with Crippen LogP contribution in [0.25, 0.3) is 10.8 Å². The quantitative estimate of drug-likeness (QED) is 0.592. The third kappa shape index (κ3) is 3.31. The van der Waals surface area contributed by atoms with Crippen molar-refractivity contribution < 1.29 is 9.53 Å². The van der Waals surface area contributed by atoms with Crippen LogP contribution in [0.5, 0.6) is 0 Å². The summed E-state index contributed by atoms with van der Waals surface area (Å²) in [6, 6.07) is 14.8. The third-order valence-corrected chi connectivity index (χ3v) is 2.73. The smallest absolute Gasteiger partial charge is 0.302 e. The zero-order valence-corrected chi connectivity index (χ0v) is 9.98. The average Bonchev–Trinajstić information content (AvgIpc) is 2.34. The minimum atomic E-state index is -0.205. The fourth-order valence-electron chi connectivity index (χ4n) is 1.89. The molecule has 0 fully saturated rings. The van der Waals surface area contributed by atoms with Crippen LogP contribution in [0.4, 0.5) is 0 Å². The first-order chi connectivity index (χ1) is 8.25. The van der Waals surface area contributed by atoms with Gasteiger partial charge in [0.1, 0.15) is 0 Å². The largest absolute Gasteiger partial charge is 0.466 e. The lowest BCUT2D eigenvalue weighted by atomic mass is 10.0. The van der Waals surface area contributed by atoms with E-state index in [9.17, 15) is 4.79 Å². The molecular formula is C15H16O2. The van der Waals surface area contributed by atoms with Gasteiger partial charge in [-0.3, -0.25) is 4.79 Å². The van der Waals surface area contributed by atoms with E-state index in [1.165, 1.54) is 23.3 Å². The lowest BCUT2D eigenvalue weighted by Crippen LogP contribution is -2.01. The summed E-state index contributed by atoms with van der Waals surface area (Å²) in [5.41, 5.74) is 1.29.